The van der Waals surface area contributed by atoms with Crippen LogP contribution in [-0.2, 0) is 32.4 Å². The van der Waals surface area contributed by atoms with Gasteiger partial charge in [0.05, 0.1) is 5.69 Å². The third kappa shape index (κ3) is 3.00. The first-order chi connectivity index (χ1) is 10.3. The molecule has 0 saturated heterocycles. The Bertz CT molecular complexity index is 618. The molecule has 3 nitrogen and oxygen atoms in total. The molecule has 0 radical (unpaired) electrons. The van der Waals surface area contributed by atoms with Gasteiger partial charge in [0, 0.05) is 38.2 Å². The van der Waals surface area contributed by atoms with Crippen molar-refractivity contribution in [1.29, 1.82) is 0 Å². The quantitative estimate of drug-likeness (QED) is 0.916. The highest BCUT2D eigenvalue weighted by Gasteiger charge is 2.19. The van der Waals surface area contributed by atoms with Gasteiger partial charge >= 0.3 is 0 Å². The van der Waals surface area contributed by atoms with Crippen molar-refractivity contribution in [2.75, 3.05) is 6.54 Å². The molecule has 1 aromatic heterocycles. The predicted molar refractivity (Wildman–Crippen MR) is 81.7 cm³/mol. The van der Waals surface area contributed by atoms with E-state index < -0.39 is 0 Å². The van der Waals surface area contributed by atoms with Crippen LogP contribution in [0.5, 0.6) is 0 Å². The van der Waals surface area contributed by atoms with E-state index in [4.69, 9.17) is 4.98 Å². The van der Waals surface area contributed by atoms with Crippen LogP contribution in [0.15, 0.2) is 24.3 Å². The average molecular weight is 287 g/mol. The molecule has 1 N–H and O–H groups in total. The number of hydrogen-bond acceptors (Lipinski definition) is 2. The van der Waals surface area contributed by atoms with E-state index in [1.165, 1.54) is 17.5 Å². The molecule has 1 aromatic carbocycles. The van der Waals surface area contributed by atoms with Crippen molar-refractivity contribution in [3.8, 4) is 0 Å². The van der Waals surface area contributed by atoms with Gasteiger partial charge in [-0.25, -0.2) is 9.37 Å². The van der Waals surface area contributed by atoms with Gasteiger partial charge in [0.15, 0.2) is 0 Å². The van der Waals surface area contributed by atoms with Gasteiger partial charge in [-0.15, -0.1) is 0 Å². The van der Waals surface area contributed by atoms with Crippen LogP contribution in [0.3, 0.4) is 0 Å². The molecule has 0 unspecified atom stereocenters. The Balaban J connectivity index is 1.83. The predicted octanol–water partition coefficient (Wildman–Crippen LogP) is 2.86. The van der Waals surface area contributed by atoms with Gasteiger partial charge in [-0.2, -0.15) is 0 Å². The summed E-state index contributed by atoms with van der Waals surface area (Å²) in [5, 5.41) is 3.37. The zero-order valence-corrected chi connectivity index (χ0v) is 12.5. The van der Waals surface area contributed by atoms with Crippen LogP contribution >= 0.6 is 0 Å². The molecule has 2 aromatic rings. The Labute approximate surface area is 125 Å². The number of aromatic nitrogens is 2. The second-order valence-electron chi connectivity index (χ2n) is 5.59. The fourth-order valence-electron chi connectivity index (χ4n) is 3.04. The van der Waals surface area contributed by atoms with Crippen molar-refractivity contribution in [1.82, 2.24) is 14.9 Å². The third-order valence-electron chi connectivity index (χ3n) is 4.10. The van der Waals surface area contributed by atoms with Gasteiger partial charge in [0.25, 0.3) is 0 Å². The summed E-state index contributed by atoms with van der Waals surface area (Å²) in [5.74, 6) is 1.05. The second kappa shape index (κ2) is 6.39. The molecule has 0 spiro atoms. The molecular formula is C17H22FN3. The number of halogens is 1. The SMILES string of the molecule is CCCc1nc2c(n1CCc1ccccc1F)CCNC2. The van der Waals surface area contributed by atoms with Crippen LogP contribution in [0, 0.1) is 5.82 Å². The first-order valence-electron chi connectivity index (χ1n) is 7.81. The van der Waals surface area contributed by atoms with E-state index >= 15 is 0 Å². The summed E-state index contributed by atoms with van der Waals surface area (Å²) in [5.41, 5.74) is 3.31. The fourth-order valence-corrected chi connectivity index (χ4v) is 3.04. The van der Waals surface area contributed by atoms with Crippen molar-refractivity contribution in [2.24, 2.45) is 0 Å². The highest BCUT2D eigenvalue weighted by Crippen LogP contribution is 2.19. The first-order valence-corrected chi connectivity index (χ1v) is 7.81. The number of benzene rings is 1. The van der Waals surface area contributed by atoms with Crippen molar-refractivity contribution < 1.29 is 4.39 Å². The molecule has 4 heteroatoms. The lowest BCUT2D eigenvalue weighted by Gasteiger charge is -2.16. The topological polar surface area (TPSA) is 29.9 Å². The summed E-state index contributed by atoms with van der Waals surface area (Å²) in [6, 6.07) is 7.06. The number of imidazole rings is 1. The number of hydrogen-bond donors (Lipinski definition) is 1. The normalized spacial score (nSPS) is 14.2. The van der Waals surface area contributed by atoms with E-state index in [0.717, 1.165) is 56.7 Å². The van der Waals surface area contributed by atoms with Crippen LogP contribution < -0.4 is 5.32 Å². The third-order valence-corrected chi connectivity index (χ3v) is 4.10. The van der Waals surface area contributed by atoms with E-state index in [1.54, 1.807) is 6.07 Å². The second-order valence-corrected chi connectivity index (χ2v) is 5.59. The molecule has 1 aliphatic rings. The molecule has 0 amide bonds. The molecule has 0 aliphatic carbocycles. The number of aryl methyl sites for hydroxylation is 2. The molecule has 0 atom stereocenters. The molecule has 1 aliphatic heterocycles. The number of rotatable bonds is 5. The number of nitrogens with one attached hydrogen (secondary N) is 1. The Hall–Kier alpha value is -1.68. The molecule has 112 valence electrons. The first kappa shape index (κ1) is 14.3. The Morgan fingerprint density at radius 3 is 2.95 bits per heavy atom. The summed E-state index contributed by atoms with van der Waals surface area (Å²) in [7, 11) is 0. The minimum absolute atomic E-state index is 0.106. The minimum atomic E-state index is -0.106. The van der Waals surface area contributed by atoms with Crippen molar-refractivity contribution in [3.05, 3.63) is 52.9 Å². The largest absolute Gasteiger partial charge is 0.331 e. The van der Waals surface area contributed by atoms with Gasteiger partial charge < -0.3 is 9.88 Å². The molecule has 3 rings (SSSR count). The molecular weight excluding hydrogens is 265 g/mol. The fraction of sp³-hybridized carbons (Fsp3) is 0.471. The van der Waals surface area contributed by atoms with Crippen LogP contribution in [-0.4, -0.2) is 16.1 Å². The van der Waals surface area contributed by atoms with E-state index in [0.29, 0.717) is 0 Å². The lowest BCUT2D eigenvalue weighted by molar-refractivity contribution is 0.558. The molecule has 0 saturated carbocycles. The van der Waals surface area contributed by atoms with Gasteiger partial charge in [-0.1, -0.05) is 25.1 Å². The van der Waals surface area contributed by atoms with E-state index in [2.05, 4.69) is 16.8 Å². The summed E-state index contributed by atoms with van der Waals surface area (Å²) in [6.07, 6.45) is 3.82. The summed E-state index contributed by atoms with van der Waals surface area (Å²) in [4.78, 5) is 4.78. The average Bonchev–Trinajstić information content (AvgIpc) is 2.84. The van der Waals surface area contributed by atoms with Gasteiger partial charge in [0.2, 0.25) is 0 Å². The highest BCUT2D eigenvalue weighted by atomic mass is 19.1. The molecule has 2 heterocycles. The summed E-state index contributed by atoms with van der Waals surface area (Å²) in [6.45, 7) is 4.86. The van der Waals surface area contributed by atoms with Crippen molar-refractivity contribution in [3.63, 3.8) is 0 Å². The Kier molecular flexibility index (Phi) is 4.34. The van der Waals surface area contributed by atoms with Crippen LogP contribution in [0.1, 0.15) is 36.1 Å². The maximum absolute atomic E-state index is 13.8. The lowest BCUT2D eigenvalue weighted by Crippen LogP contribution is -2.25. The maximum atomic E-state index is 13.8. The van der Waals surface area contributed by atoms with Gasteiger partial charge in [-0.3, -0.25) is 0 Å². The summed E-state index contributed by atoms with van der Waals surface area (Å²) >= 11 is 0. The van der Waals surface area contributed by atoms with Crippen LogP contribution in [0.2, 0.25) is 0 Å². The van der Waals surface area contributed by atoms with Crippen LogP contribution in [0.4, 0.5) is 4.39 Å². The molecule has 0 fully saturated rings. The standard InChI is InChI=1S/C17H22FN3/c1-2-5-17-20-15-12-19-10-8-16(15)21(17)11-9-13-6-3-4-7-14(13)18/h3-4,6-7,19H,2,5,8-12H2,1H3. The smallest absolute Gasteiger partial charge is 0.126 e. The zero-order chi connectivity index (χ0) is 14.7. The molecule has 0 bridgehead atoms. The Morgan fingerprint density at radius 2 is 2.14 bits per heavy atom. The highest BCUT2D eigenvalue weighted by molar-refractivity contribution is 5.22. The lowest BCUT2D eigenvalue weighted by atomic mass is 10.1. The zero-order valence-electron chi connectivity index (χ0n) is 12.5. The minimum Gasteiger partial charge on any atom is -0.331 e. The van der Waals surface area contributed by atoms with E-state index in [9.17, 15) is 4.39 Å². The van der Waals surface area contributed by atoms with E-state index in [-0.39, 0.29) is 5.82 Å². The van der Waals surface area contributed by atoms with E-state index in [1.807, 2.05) is 12.1 Å². The Morgan fingerprint density at radius 1 is 1.29 bits per heavy atom. The maximum Gasteiger partial charge on any atom is 0.126 e. The van der Waals surface area contributed by atoms with Crippen LogP contribution in [0.25, 0.3) is 0 Å². The number of fused-ring (bicyclic) bond motifs is 1. The van der Waals surface area contributed by atoms with Gasteiger partial charge in [-0.05, 0) is 24.5 Å². The monoisotopic (exact) mass is 287 g/mol. The van der Waals surface area contributed by atoms with Crippen molar-refractivity contribution >= 4 is 0 Å². The summed E-state index contributed by atoms with van der Waals surface area (Å²) < 4.78 is 16.1. The van der Waals surface area contributed by atoms with Crippen molar-refractivity contribution in [2.45, 2.75) is 45.7 Å². The van der Waals surface area contributed by atoms with Gasteiger partial charge in [0.1, 0.15) is 11.6 Å². The number of nitrogens with zero attached hydrogens (tertiary/aromatic N) is 2. The molecule has 21 heavy (non-hydrogen) atoms.